The summed E-state index contributed by atoms with van der Waals surface area (Å²) in [5.41, 5.74) is 1.38. The molecule has 0 bridgehead atoms. The number of benzene rings is 1. The van der Waals surface area contributed by atoms with E-state index in [2.05, 4.69) is 14.9 Å². The molecule has 2 fully saturated rings. The van der Waals surface area contributed by atoms with Gasteiger partial charge in [-0.15, -0.1) is 0 Å². The molecule has 2 aliphatic rings. The van der Waals surface area contributed by atoms with Gasteiger partial charge in [-0.1, -0.05) is 0 Å². The maximum atomic E-state index is 13.3. The predicted molar refractivity (Wildman–Crippen MR) is 84.5 cm³/mol. The van der Waals surface area contributed by atoms with Crippen molar-refractivity contribution in [2.24, 2.45) is 0 Å². The van der Waals surface area contributed by atoms with Crippen molar-refractivity contribution in [2.45, 2.75) is 12.6 Å². The highest BCUT2D eigenvalue weighted by atomic mass is 19.1. The molecule has 4 rings (SSSR count). The van der Waals surface area contributed by atoms with Gasteiger partial charge in [0, 0.05) is 26.7 Å². The number of aromatic amines is 1. The standard InChI is InChI=1S/C16H18FN5O2/c1-20-9-15(23)22-5-4-21(7-13(22)16(20)24)8-14-18-11-3-2-10(17)6-12(11)19-14/h2-3,6,13H,4-5,7-9H2,1H3,(H,18,19)/t13-/m0/s1. The number of imidazole rings is 1. The highest BCUT2D eigenvalue weighted by Gasteiger charge is 2.41. The molecule has 2 saturated heterocycles. The Balaban J connectivity index is 1.51. The van der Waals surface area contributed by atoms with Gasteiger partial charge in [0.05, 0.1) is 24.1 Å². The Morgan fingerprint density at radius 2 is 2.17 bits per heavy atom. The lowest BCUT2D eigenvalue weighted by Gasteiger charge is -2.45. The van der Waals surface area contributed by atoms with E-state index < -0.39 is 6.04 Å². The lowest BCUT2D eigenvalue weighted by atomic mass is 10.1. The van der Waals surface area contributed by atoms with Crippen LogP contribution in [0.25, 0.3) is 11.0 Å². The quantitative estimate of drug-likeness (QED) is 0.852. The lowest BCUT2D eigenvalue weighted by Crippen LogP contribution is -2.65. The van der Waals surface area contributed by atoms with Crippen LogP contribution < -0.4 is 0 Å². The number of likely N-dealkylation sites (N-methyl/N-ethyl adjacent to an activating group) is 1. The van der Waals surface area contributed by atoms with Gasteiger partial charge in [0.15, 0.2) is 0 Å². The smallest absolute Gasteiger partial charge is 0.246 e. The van der Waals surface area contributed by atoms with Crippen LogP contribution in [0, 0.1) is 5.82 Å². The van der Waals surface area contributed by atoms with Gasteiger partial charge in [-0.25, -0.2) is 9.37 Å². The minimum Gasteiger partial charge on any atom is -0.341 e. The first-order chi connectivity index (χ1) is 11.5. The summed E-state index contributed by atoms with van der Waals surface area (Å²) in [7, 11) is 1.66. The molecule has 8 heteroatoms. The summed E-state index contributed by atoms with van der Waals surface area (Å²) in [5, 5.41) is 0. The first kappa shape index (κ1) is 15.1. The molecule has 0 radical (unpaired) electrons. The van der Waals surface area contributed by atoms with Crippen molar-refractivity contribution in [2.75, 3.05) is 33.2 Å². The molecular formula is C16H18FN5O2. The van der Waals surface area contributed by atoms with Gasteiger partial charge in [0.1, 0.15) is 17.7 Å². The lowest BCUT2D eigenvalue weighted by molar-refractivity contribution is -0.158. The molecule has 1 atom stereocenters. The number of halogens is 1. The molecule has 1 aromatic heterocycles. The maximum Gasteiger partial charge on any atom is 0.246 e. The van der Waals surface area contributed by atoms with Crippen molar-refractivity contribution in [1.29, 1.82) is 0 Å². The summed E-state index contributed by atoms with van der Waals surface area (Å²) >= 11 is 0. The van der Waals surface area contributed by atoms with Crippen LogP contribution >= 0.6 is 0 Å². The molecule has 3 heterocycles. The highest BCUT2D eigenvalue weighted by Crippen LogP contribution is 2.19. The second-order valence-corrected chi connectivity index (χ2v) is 6.38. The van der Waals surface area contributed by atoms with E-state index in [0.717, 1.165) is 5.82 Å². The molecule has 0 saturated carbocycles. The molecule has 0 spiro atoms. The molecule has 24 heavy (non-hydrogen) atoms. The number of nitrogens with zero attached hydrogens (tertiary/aromatic N) is 4. The largest absolute Gasteiger partial charge is 0.341 e. The maximum absolute atomic E-state index is 13.3. The number of hydrogen-bond acceptors (Lipinski definition) is 4. The van der Waals surface area contributed by atoms with Gasteiger partial charge >= 0.3 is 0 Å². The molecule has 0 aliphatic carbocycles. The second-order valence-electron chi connectivity index (χ2n) is 6.38. The Hall–Kier alpha value is -2.48. The number of amides is 2. The molecular weight excluding hydrogens is 313 g/mol. The molecule has 7 nitrogen and oxygen atoms in total. The van der Waals surface area contributed by atoms with Gasteiger partial charge in [-0.05, 0) is 18.2 Å². The number of carbonyl (C=O) groups is 2. The molecule has 2 amide bonds. The van der Waals surface area contributed by atoms with E-state index in [0.29, 0.717) is 37.2 Å². The van der Waals surface area contributed by atoms with Crippen LogP contribution in [0.5, 0.6) is 0 Å². The molecule has 2 aliphatic heterocycles. The Labute approximate surface area is 138 Å². The van der Waals surface area contributed by atoms with Crippen molar-refractivity contribution >= 4 is 22.8 Å². The van der Waals surface area contributed by atoms with E-state index in [1.165, 1.54) is 17.0 Å². The zero-order chi connectivity index (χ0) is 16.8. The molecule has 2 aromatic rings. The molecule has 126 valence electrons. The average molecular weight is 331 g/mol. The minimum absolute atomic E-state index is 0.000891. The normalized spacial score (nSPS) is 22.3. The third kappa shape index (κ3) is 2.52. The summed E-state index contributed by atoms with van der Waals surface area (Å²) in [6, 6.07) is 4.02. The fraction of sp³-hybridized carbons (Fsp3) is 0.438. The number of piperazine rings is 2. The Kier molecular flexibility index (Phi) is 3.49. The van der Waals surface area contributed by atoms with Crippen molar-refractivity contribution in [1.82, 2.24) is 24.7 Å². The number of H-pyrrole nitrogens is 1. The van der Waals surface area contributed by atoms with Crippen molar-refractivity contribution < 1.29 is 14.0 Å². The summed E-state index contributed by atoms with van der Waals surface area (Å²) in [4.78, 5) is 37.2. The second kappa shape index (κ2) is 5.55. The first-order valence-electron chi connectivity index (χ1n) is 7.92. The summed E-state index contributed by atoms with van der Waals surface area (Å²) in [6.45, 7) is 2.40. The fourth-order valence-corrected chi connectivity index (χ4v) is 3.44. The van der Waals surface area contributed by atoms with Gasteiger partial charge in [0.2, 0.25) is 11.8 Å². The Morgan fingerprint density at radius 1 is 1.33 bits per heavy atom. The average Bonchev–Trinajstić information content (AvgIpc) is 2.94. The van der Waals surface area contributed by atoms with Crippen LogP contribution in [0.15, 0.2) is 18.2 Å². The van der Waals surface area contributed by atoms with Crippen LogP contribution in [0.4, 0.5) is 4.39 Å². The minimum atomic E-state index is -0.424. The zero-order valence-corrected chi connectivity index (χ0v) is 13.3. The molecule has 1 N–H and O–H groups in total. The number of aromatic nitrogens is 2. The van der Waals surface area contributed by atoms with Crippen LogP contribution in [0.3, 0.4) is 0 Å². The van der Waals surface area contributed by atoms with Crippen LogP contribution in [-0.4, -0.2) is 75.8 Å². The van der Waals surface area contributed by atoms with E-state index in [9.17, 15) is 14.0 Å². The Morgan fingerprint density at radius 3 is 3.00 bits per heavy atom. The summed E-state index contributed by atoms with van der Waals surface area (Å²) in [5.74, 6) is 0.402. The molecule has 1 aromatic carbocycles. The van der Waals surface area contributed by atoms with Crippen molar-refractivity contribution in [3.8, 4) is 0 Å². The number of rotatable bonds is 2. The van der Waals surface area contributed by atoms with Crippen LogP contribution in [0.1, 0.15) is 5.82 Å². The number of fused-ring (bicyclic) bond motifs is 2. The SMILES string of the molecule is CN1CC(=O)N2CCN(Cc3nc4ccc(F)cc4[nH]3)C[C@H]2C1=O. The third-order valence-electron chi connectivity index (χ3n) is 4.68. The van der Waals surface area contributed by atoms with E-state index in [-0.39, 0.29) is 24.2 Å². The van der Waals surface area contributed by atoms with Gasteiger partial charge in [0.25, 0.3) is 0 Å². The van der Waals surface area contributed by atoms with Gasteiger partial charge < -0.3 is 14.8 Å². The van der Waals surface area contributed by atoms with E-state index in [4.69, 9.17) is 0 Å². The van der Waals surface area contributed by atoms with E-state index in [1.54, 1.807) is 18.0 Å². The highest BCUT2D eigenvalue weighted by molar-refractivity contribution is 5.95. The number of hydrogen-bond donors (Lipinski definition) is 1. The van der Waals surface area contributed by atoms with Crippen LogP contribution in [0.2, 0.25) is 0 Å². The predicted octanol–water partition coefficient (Wildman–Crippen LogP) is 0.187. The topological polar surface area (TPSA) is 72.5 Å². The Bertz CT molecular complexity index is 820. The summed E-state index contributed by atoms with van der Waals surface area (Å²) < 4.78 is 13.3. The monoisotopic (exact) mass is 331 g/mol. The molecule has 0 unspecified atom stereocenters. The van der Waals surface area contributed by atoms with E-state index >= 15 is 0 Å². The number of carbonyl (C=O) groups excluding carboxylic acids is 2. The summed E-state index contributed by atoms with van der Waals surface area (Å²) in [6.07, 6.45) is 0. The van der Waals surface area contributed by atoms with Gasteiger partial charge in [-0.2, -0.15) is 0 Å². The van der Waals surface area contributed by atoms with Gasteiger partial charge in [-0.3, -0.25) is 14.5 Å². The first-order valence-corrected chi connectivity index (χ1v) is 7.92. The third-order valence-corrected chi connectivity index (χ3v) is 4.68. The van der Waals surface area contributed by atoms with Crippen molar-refractivity contribution in [3.05, 3.63) is 29.8 Å². The van der Waals surface area contributed by atoms with Crippen LogP contribution in [-0.2, 0) is 16.1 Å². The number of nitrogens with one attached hydrogen (secondary N) is 1. The zero-order valence-electron chi connectivity index (χ0n) is 13.3. The van der Waals surface area contributed by atoms with Crippen molar-refractivity contribution in [3.63, 3.8) is 0 Å². The fourth-order valence-electron chi connectivity index (χ4n) is 3.44. The van der Waals surface area contributed by atoms with E-state index in [1.807, 2.05) is 0 Å².